The zero-order valence-corrected chi connectivity index (χ0v) is 10.8. The number of hydrogen-bond acceptors (Lipinski definition) is 3. The number of nitrogens with zero attached hydrogens (tertiary/aromatic N) is 2. The predicted octanol–water partition coefficient (Wildman–Crippen LogP) is 2.11. The number of Topliss-reactive ketones (excluding diaryl/α,β-unsaturated/α-hetero) is 1. The monoisotopic (exact) mass is 246 g/mol. The van der Waals surface area contributed by atoms with E-state index in [4.69, 9.17) is 4.74 Å². The normalized spacial score (nSPS) is 11.0. The van der Waals surface area contributed by atoms with Gasteiger partial charge < -0.3 is 4.74 Å². The predicted molar refractivity (Wildman–Crippen MR) is 70.5 cm³/mol. The van der Waals surface area contributed by atoms with E-state index in [-0.39, 0.29) is 5.78 Å². The van der Waals surface area contributed by atoms with Gasteiger partial charge in [-0.1, -0.05) is 18.2 Å². The molecule has 0 aliphatic rings. The van der Waals surface area contributed by atoms with Crippen molar-refractivity contribution in [2.75, 3.05) is 13.7 Å². The van der Waals surface area contributed by atoms with E-state index in [1.807, 2.05) is 36.0 Å². The Bertz CT molecular complexity index is 546. The molecule has 0 spiro atoms. The van der Waals surface area contributed by atoms with Gasteiger partial charge >= 0.3 is 0 Å². The number of benzene rings is 1. The van der Waals surface area contributed by atoms with Crippen LogP contribution in [-0.4, -0.2) is 29.3 Å². The first-order valence-electron chi connectivity index (χ1n) is 6.13. The molecule has 0 N–H and O–H groups in total. The topological polar surface area (TPSA) is 44.1 Å². The lowest BCUT2D eigenvalue weighted by Crippen LogP contribution is -2.05. The van der Waals surface area contributed by atoms with E-state index in [1.54, 1.807) is 7.11 Å². The summed E-state index contributed by atoms with van der Waals surface area (Å²) >= 11 is 0. The van der Waals surface area contributed by atoms with Gasteiger partial charge in [-0.25, -0.2) is 0 Å². The second kappa shape index (κ2) is 5.78. The Morgan fingerprint density at radius 2 is 2.17 bits per heavy atom. The summed E-state index contributed by atoms with van der Waals surface area (Å²) in [4.78, 5) is 11.8. The van der Waals surface area contributed by atoms with Gasteiger partial charge in [0.2, 0.25) is 0 Å². The minimum Gasteiger partial charge on any atom is -0.385 e. The van der Waals surface area contributed by atoms with E-state index in [9.17, 15) is 4.79 Å². The van der Waals surface area contributed by atoms with Gasteiger partial charge in [0.1, 0.15) is 5.78 Å². The molecular weight excluding hydrogens is 228 g/mol. The van der Waals surface area contributed by atoms with Crippen LogP contribution in [0, 0.1) is 0 Å². The van der Waals surface area contributed by atoms with Crippen molar-refractivity contribution in [3.63, 3.8) is 0 Å². The average molecular weight is 246 g/mol. The molecule has 1 aromatic heterocycles. The van der Waals surface area contributed by atoms with Crippen LogP contribution in [0.2, 0.25) is 0 Å². The van der Waals surface area contributed by atoms with Gasteiger partial charge in [0.25, 0.3) is 0 Å². The molecule has 0 bridgehead atoms. The second-order valence-electron chi connectivity index (χ2n) is 4.40. The summed E-state index contributed by atoms with van der Waals surface area (Å²) in [6.07, 6.45) is 1.74. The Balaban J connectivity index is 2.10. The van der Waals surface area contributed by atoms with Gasteiger partial charge in [-0.15, -0.1) is 0 Å². The molecule has 96 valence electrons. The molecule has 0 aliphatic carbocycles. The van der Waals surface area contributed by atoms with Crippen LogP contribution in [-0.2, 0) is 23.0 Å². The summed E-state index contributed by atoms with van der Waals surface area (Å²) in [7, 11) is 3.55. The number of fused-ring (bicyclic) bond motifs is 1. The summed E-state index contributed by atoms with van der Waals surface area (Å²) < 4.78 is 6.77. The van der Waals surface area contributed by atoms with E-state index >= 15 is 0 Å². The zero-order chi connectivity index (χ0) is 13.0. The molecule has 4 heteroatoms. The van der Waals surface area contributed by atoms with Crippen LogP contribution in [0.4, 0.5) is 0 Å². The number of aromatic nitrogens is 2. The van der Waals surface area contributed by atoms with E-state index < -0.39 is 0 Å². The van der Waals surface area contributed by atoms with Gasteiger partial charge in [0, 0.05) is 32.6 Å². The minimum atomic E-state index is 0.218. The SMILES string of the molecule is COCCCC(=O)Cc1nn(C)c2ccccc12. The fourth-order valence-corrected chi connectivity index (χ4v) is 2.11. The number of rotatable bonds is 6. The van der Waals surface area contributed by atoms with Crippen LogP contribution < -0.4 is 0 Å². The zero-order valence-electron chi connectivity index (χ0n) is 10.8. The van der Waals surface area contributed by atoms with Gasteiger partial charge in [0.05, 0.1) is 17.6 Å². The van der Waals surface area contributed by atoms with Crippen LogP contribution in [0.3, 0.4) is 0 Å². The molecular formula is C14H18N2O2. The van der Waals surface area contributed by atoms with E-state index in [0.29, 0.717) is 19.4 Å². The lowest BCUT2D eigenvalue weighted by atomic mass is 10.1. The molecule has 4 nitrogen and oxygen atoms in total. The van der Waals surface area contributed by atoms with Gasteiger partial charge in [-0.2, -0.15) is 5.10 Å². The highest BCUT2D eigenvalue weighted by molar-refractivity contribution is 5.88. The first-order chi connectivity index (χ1) is 8.72. The van der Waals surface area contributed by atoms with Crippen molar-refractivity contribution in [1.29, 1.82) is 0 Å². The van der Waals surface area contributed by atoms with Crippen LogP contribution in [0.1, 0.15) is 18.5 Å². The fourth-order valence-electron chi connectivity index (χ4n) is 2.11. The Labute approximate surface area is 107 Å². The third kappa shape index (κ3) is 2.76. The largest absolute Gasteiger partial charge is 0.385 e. The van der Waals surface area contributed by atoms with Crippen LogP contribution in [0.5, 0.6) is 0 Å². The Morgan fingerprint density at radius 1 is 1.39 bits per heavy atom. The van der Waals surface area contributed by atoms with Crippen LogP contribution in [0.25, 0.3) is 10.9 Å². The van der Waals surface area contributed by atoms with Crippen molar-refractivity contribution in [3.8, 4) is 0 Å². The number of carbonyl (C=O) groups excluding carboxylic acids is 1. The quantitative estimate of drug-likeness (QED) is 0.733. The molecule has 2 aromatic rings. The minimum absolute atomic E-state index is 0.218. The number of carbonyl (C=O) groups is 1. The molecule has 0 saturated carbocycles. The average Bonchev–Trinajstić information content (AvgIpc) is 2.67. The highest BCUT2D eigenvalue weighted by atomic mass is 16.5. The second-order valence-corrected chi connectivity index (χ2v) is 4.40. The highest BCUT2D eigenvalue weighted by Gasteiger charge is 2.11. The smallest absolute Gasteiger partial charge is 0.139 e. The molecule has 1 aromatic carbocycles. The first kappa shape index (κ1) is 12.8. The van der Waals surface area contributed by atoms with Crippen LogP contribution in [0.15, 0.2) is 24.3 Å². The maximum atomic E-state index is 11.8. The molecule has 18 heavy (non-hydrogen) atoms. The van der Waals surface area contributed by atoms with Crippen molar-refractivity contribution < 1.29 is 9.53 Å². The molecule has 0 fully saturated rings. The third-order valence-corrected chi connectivity index (χ3v) is 3.00. The van der Waals surface area contributed by atoms with E-state index in [1.165, 1.54) is 0 Å². The standard InChI is InChI=1S/C14H18N2O2/c1-16-14-8-4-3-7-12(14)13(15-16)10-11(17)6-5-9-18-2/h3-4,7-8H,5-6,9-10H2,1-2H3. The van der Waals surface area contributed by atoms with Crippen LogP contribution >= 0.6 is 0 Å². The Hall–Kier alpha value is -1.68. The summed E-state index contributed by atoms with van der Waals surface area (Å²) in [5.74, 6) is 0.218. The molecule has 0 radical (unpaired) electrons. The van der Waals surface area contributed by atoms with Crippen molar-refractivity contribution in [3.05, 3.63) is 30.0 Å². The summed E-state index contributed by atoms with van der Waals surface area (Å²) in [5.41, 5.74) is 1.94. The van der Waals surface area contributed by atoms with Crippen molar-refractivity contribution in [2.24, 2.45) is 7.05 Å². The maximum Gasteiger partial charge on any atom is 0.139 e. The number of hydrogen-bond donors (Lipinski definition) is 0. The molecule has 0 aliphatic heterocycles. The molecule has 1 heterocycles. The lowest BCUT2D eigenvalue weighted by Gasteiger charge is -1.99. The number of ketones is 1. The third-order valence-electron chi connectivity index (χ3n) is 3.00. The summed E-state index contributed by atoms with van der Waals surface area (Å²) in [6, 6.07) is 7.98. The molecule has 2 rings (SSSR count). The molecule has 0 unspecified atom stereocenters. The van der Waals surface area contributed by atoms with Gasteiger partial charge in [-0.05, 0) is 12.5 Å². The Morgan fingerprint density at radius 3 is 2.94 bits per heavy atom. The van der Waals surface area contributed by atoms with Gasteiger partial charge in [0.15, 0.2) is 0 Å². The maximum absolute atomic E-state index is 11.8. The van der Waals surface area contributed by atoms with E-state index in [2.05, 4.69) is 5.10 Å². The number of para-hydroxylation sites is 1. The first-order valence-corrected chi connectivity index (χ1v) is 6.13. The number of aryl methyl sites for hydroxylation is 1. The number of methoxy groups -OCH3 is 1. The van der Waals surface area contributed by atoms with Crippen molar-refractivity contribution in [2.45, 2.75) is 19.3 Å². The number of ether oxygens (including phenoxy) is 1. The molecule has 0 atom stereocenters. The molecule has 0 saturated heterocycles. The fraction of sp³-hybridized carbons (Fsp3) is 0.429. The molecule has 0 amide bonds. The van der Waals surface area contributed by atoms with E-state index in [0.717, 1.165) is 23.0 Å². The summed E-state index contributed by atoms with van der Waals surface area (Å²) in [5, 5.41) is 5.49. The van der Waals surface area contributed by atoms with Crippen molar-refractivity contribution >= 4 is 16.7 Å². The van der Waals surface area contributed by atoms with Crippen molar-refractivity contribution in [1.82, 2.24) is 9.78 Å². The highest BCUT2D eigenvalue weighted by Crippen LogP contribution is 2.18. The van der Waals surface area contributed by atoms with Gasteiger partial charge in [-0.3, -0.25) is 9.48 Å². The Kier molecular flexibility index (Phi) is 4.10. The lowest BCUT2D eigenvalue weighted by molar-refractivity contribution is -0.118. The summed E-state index contributed by atoms with van der Waals surface area (Å²) in [6.45, 7) is 0.634.